The average molecular weight is 377 g/mol. The molecule has 0 fully saturated rings. The maximum Gasteiger partial charge on any atom is 0.321 e. The Balaban J connectivity index is 1.36. The number of tetrazole rings is 1. The molecule has 8 nitrogen and oxygen atoms in total. The van der Waals surface area contributed by atoms with Crippen molar-refractivity contribution in [1.82, 2.24) is 30.0 Å². The molecule has 1 aromatic heterocycles. The third-order valence-corrected chi connectivity index (χ3v) is 5.18. The zero-order valence-corrected chi connectivity index (χ0v) is 16.0. The summed E-state index contributed by atoms with van der Waals surface area (Å²) < 4.78 is 1.56. The van der Waals surface area contributed by atoms with Gasteiger partial charge in [0.05, 0.1) is 5.69 Å². The Morgan fingerprint density at radius 2 is 1.93 bits per heavy atom. The maximum absolute atomic E-state index is 12.6. The third-order valence-electron chi connectivity index (χ3n) is 5.18. The summed E-state index contributed by atoms with van der Waals surface area (Å²) in [5, 5.41) is 14.0. The summed E-state index contributed by atoms with van der Waals surface area (Å²) >= 11 is 0. The molecule has 1 N–H and O–H groups in total. The molecule has 28 heavy (non-hydrogen) atoms. The first-order valence-corrected chi connectivity index (χ1v) is 9.23. The standard InChI is InChI=1S/C20H23N7O/c1-25-12-16-6-4-3-5-15(16)11-19(25)13-26(2)20(28)22-17-7-9-18(10-8-17)27-14-21-23-24-27/h3-10,14,19H,11-13H2,1-2H3,(H,22,28)/t19-/m0/s1. The largest absolute Gasteiger partial charge is 0.326 e. The minimum atomic E-state index is -0.123. The number of hydrogen-bond acceptors (Lipinski definition) is 5. The van der Waals surface area contributed by atoms with Crippen molar-refractivity contribution in [3.05, 3.63) is 66.0 Å². The first kappa shape index (κ1) is 18.1. The van der Waals surface area contributed by atoms with Crippen LogP contribution in [-0.2, 0) is 13.0 Å². The summed E-state index contributed by atoms with van der Waals surface area (Å²) in [5.74, 6) is 0. The Morgan fingerprint density at radius 3 is 2.64 bits per heavy atom. The molecule has 0 radical (unpaired) electrons. The van der Waals surface area contributed by atoms with Gasteiger partial charge in [0, 0.05) is 31.9 Å². The number of fused-ring (bicyclic) bond motifs is 1. The Bertz CT molecular complexity index is 939. The lowest BCUT2D eigenvalue weighted by Gasteiger charge is -2.36. The minimum absolute atomic E-state index is 0.123. The van der Waals surface area contributed by atoms with Gasteiger partial charge < -0.3 is 10.2 Å². The van der Waals surface area contributed by atoms with E-state index in [-0.39, 0.29) is 6.03 Å². The molecule has 1 atom stereocenters. The Hall–Kier alpha value is -3.26. The number of likely N-dealkylation sites (N-methyl/N-ethyl adjacent to an activating group) is 2. The van der Waals surface area contributed by atoms with Crippen molar-refractivity contribution in [1.29, 1.82) is 0 Å². The number of nitrogens with one attached hydrogen (secondary N) is 1. The van der Waals surface area contributed by atoms with Crippen LogP contribution in [0.2, 0.25) is 0 Å². The van der Waals surface area contributed by atoms with Crippen molar-refractivity contribution in [2.75, 3.05) is 26.0 Å². The number of urea groups is 1. The second kappa shape index (κ2) is 7.77. The number of anilines is 1. The van der Waals surface area contributed by atoms with Gasteiger partial charge in [-0.25, -0.2) is 9.48 Å². The van der Waals surface area contributed by atoms with Gasteiger partial charge in [-0.15, -0.1) is 5.10 Å². The predicted octanol–water partition coefficient (Wildman–Crippen LogP) is 2.18. The van der Waals surface area contributed by atoms with Crippen LogP contribution in [0, 0.1) is 0 Å². The van der Waals surface area contributed by atoms with Gasteiger partial charge in [-0.05, 0) is 59.3 Å². The molecule has 2 amide bonds. The van der Waals surface area contributed by atoms with Crippen molar-refractivity contribution < 1.29 is 4.79 Å². The summed E-state index contributed by atoms with van der Waals surface area (Å²) in [6.45, 7) is 1.58. The van der Waals surface area contributed by atoms with Crippen molar-refractivity contribution in [3.63, 3.8) is 0 Å². The molecule has 0 saturated carbocycles. The van der Waals surface area contributed by atoms with E-state index in [2.05, 4.69) is 57.1 Å². The lowest BCUT2D eigenvalue weighted by atomic mass is 9.94. The smallest absolute Gasteiger partial charge is 0.321 e. The van der Waals surface area contributed by atoms with E-state index in [9.17, 15) is 4.79 Å². The first-order valence-electron chi connectivity index (χ1n) is 9.23. The fourth-order valence-electron chi connectivity index (χ4n) is 3.52. The van der Waals surface area contributed by atoms with Crippen LogP contribution in [0.15, 0.2) is 54.9 Å². The molecule has 0 bridgehead atoms. The second-order valence-electron chi connectivity index (χ2n) is 7.15. The number of hydrogen-bond donors (Lipinski definition) is 1. The lowest BCUT2D eigenvalue weighted by molar-refractivity contribution is 0.166. The molecule has 0 spiro atoms. The average Bonchev–Trinajstić information content (AvgIpc) is 3.24. The van der Waals surface area contributed by atoms with E-state index in [1.54, 1.807) is 9.58 Å². The lowest BCUT2D eigenvalue weighted by Crippen LogP contribution is -2.47. The fraction of sp³-hybridized carbons (Fsp3) is 0.300. The predicted molar refractivity (Wildman–Crippen MR) is 106 cm³/mol. The van der Waals surface area contributed by atoms with Gasteiger partial charge in [-0.2, -0.15) is 0 Å². The summed E-state index contributed by atoms with van der Waals surface area (Å²) in [6, 6.07) is 16.1. The van der Waals surface area contributed by atoms with Crippen LogP contribution in [0.5, 0.6) is 0 Å². The van der Waals surface area contributed by atoms with Gasteiger partial charge in [-0.3, -0.25) is 4.90 Å². The zero-order valence-electron chi connectivity index (χ0n) is 16.0. The van der Waals surface area contributed by atoms with Crippen LogP contribution in [-0.4, -0.2) is 62.7 Å². The topological polar surface area (TPSA) is 79.2 Å². The highest BCUT2D eigenvalue weighted by Crippen LogP contribution is 2.22. The number of carbonyl (C=O) groups excluding carboxylic acids is 1. The van der Waals surface area contributed by atoms with E-state index in [1.807, 2.05) is 31.3 Å². The normalized spacial score (nSPS) is 16.4. The summed E-state index contributed by atoms with van der Waals surface area (Å²) in [5.41, 5.74) is 4.31. The Labute approximate surface area is 163 Å². The third kappa shape index (κ3) is 3.86. The highest BCUT2D eigenvalue weighted by atomic mass is 16.2. The second-order valence-corrected chi connectivity index (χ2v) is 7.15. The molecule has 2 heterocycles. The molecule has 0 unspecified atom stereocenters. The molecule has 2 aromatic carbocycles. The molecule has 1 aliphatic rings. The van der Waals surface area contributed by atoms with E-state index in [4.69, 9.17) is 0 Å². The number of rotatable bonds is 4. The molecule has 1 aliphatic heterocycles. The van der Waals surface area contributed by atoms with Crippen molar-refractivity contribution in [2.45, 2.75) is 19.0 Å². The van der Waals surface area contributed by atoms with Crippen LogP contribution >= 0.6 is 0 Å². The summed E-state index contributed by atoms with van der Waals surface area (Å²) in [4.78, 5) is 16.7. The summed E-state index contributed by atoms with van der Waals surface area (Å²) in [6.07, 6.45) is 2.48. The van der Waals surface area contributed by atoms with E-state index in [0.717, 1.165) is 24.3 Å². The van der Waals surface area contributed by atoms with Crippen molar-refractivity contribution in [2.24, 2.45) is 0 Å². The minimum Gasteiger partial charge on any atom is -0.326 e. The Kier molecular flexibility index (Phi) is 5.03. The highest BCUT2D eigenvalue weighted by molar-refractivity contribution is 5.89. The Morgan fingerprint density at radius 1 is 1.18 bits per heavy atom. The monoisotopic (exact) mass is 377 g/mol. The highest BCUT2D eigenvalue weighted by Gasteiger charge is 2.25. The molecule has 3 aromatic rings. The number of benzene rings is 2. The first-order chi connectivity index (χ1) is 13.6. The molecule has 4 rings (SSSR count). The number of amides is 2. The van der Waals surface area contributed by atoms with E-state index >= 15 is 0 Å². The number of nitrogens with zero attached hydrogens (tertiary/aromatic N) is 6. The number of carbonyl (C=O) groups is 1. The van der Waals surface area contributed by atoms with Crippen molar-refractivity contribution in [3.8, 4) is 5.69 Å². The van der Waals surface area contributed by atoms with Gasteiger partial charge in [0.1, 0.15) is 6.33 Å². The molecular formula is C20H23N7O. The number of aromatic nitrogens is 4. The van der Waals surface area contributed by atoms with Crippen LogP contribution in [0.4, 0.5) is 10.5 Å². The van der Waals surface area contributed by atoms with Gasteiger partial charge in [0.25, 0.3) is 0 Å². The van der Waals surface area contributed by atoms with Gasteiger partial charge in [0.15, 0.2) is 0 Å². The van der Waals surface area contributed by atoms with Gasteiger partial charge in [-0.1, -0.05) is 24.3 Å². The van der Waals surface area contributed by atoms with Gasteiger partial charge >= 0.3 is 6.03 Å². The summed E-state index contributed by atoms with van der Waals surface area (Å²) in [7, 11) is 3.95. The SMILES string of the molecule is CN(C[C@@H]1Cc2ccccc2CN1C)C(=O)Nc1ccc(-n2cnnn2)cc1. The van der Waals surface area contributed by atoms with E-state index in [1.165, 1.54) is 17.5 Å². The quantitative estimate of drug-likeness (QED) is 0.754. The van der Waals surface area contributed by atoms with E-state index < -0.39 is 0 Å². The molecular weight excluding hydrogens is 354 g/mol. The fourth-order valence-corrected chi connectivity index (χ4v) is 3.52. The van der Waals surface area contributed by atoms with Crippen LogP contribution < -0.4 is 5.32 Å². The van der Waals surface area contributed by atoms with Crippen LogP contribution in [0.25, 0.3) is 5.69 Å². The van der Waals surface area contributed by atoms with Crippen molar-refractivity contribution >= 4 is 11.7 Å². The van der Waals surface area contributed by atoms with Crippen LogP contribution in [0.3, 0.4) is 0 Å². The molecule has 144 valence electrons. The molecule has 8 heteroatoms. The molecule has 0 saturated heterocycles. The molecule has 0 aliphatic carbocycles. The zero-order chi connectivity index (χ0) is 19.5. The van der Waals surface area contributed by atoms with Gasteiger partial charge in [0.2, 0.25) is 0 Å². The maximum atomic E-state index is 12.6. The van der Waals surface area contributed by atoms with E-state index in [0.29, 0.717) is 12.6 Å². The van der Waals surface area contributed by atoms with Crippen LogP contribution in [0.1, 0.15) is 11.1 Å².